The van der Waals surface area contributed by atoms with E-state index in [1.807, 2.05) is 0 Å². The zero-order valence-electron chi connectivity index (χ0n) is 10.6. The van der Waals surface area contributed by atoms with Gasteiger partial charge >= 0.3 is 0 Å². The molecule has 0 aromatic heterocycles. The van der Waals surface area contributed by atoms with E-state index in [-0.39, 0.29) is 0 Å². The summed E-state index contributed by atoms with van der Waals surface area (Å²) in [5, 5.41) is 0. The largest absolute Gasteiger partial charge is 0.0656 e. The van der Waals surface area contributed by atoms with Gasteiger partial charge in [-0.25, -0.2) is 0 Å². The first-order valence-corrected chi connectivity index (χ1v) is 6.59. The van der Waals surface area contributed by atoms with E-state index in [0.29, 0.717) is 5.41 Å². The van der Waals surface area contributed by atoms with E-state index in [2.05, 4.69) is 27.7 Å². The first-order chi connectivity index (χ1) is 6.59. The van der Waals surface area contributed by atoms with Crippen molar-refractivity contribution in [2.45, 2.75) is 72.6 Å². The van der Waals surface area contributed by atoms with E-state index in [4.69, 9.17) is 0 Å². The fraction of sp³-hybridized carbons (Fsp3) is 1.00. The highest BCUT2D eigenvalue weighted by molar-refractivity contribution is 4.90. The lowest BCUT2D eigenvalue weighted by Crippen LogP contribution is -2.12. The fourth-order valence-corrected chi connectivity index (χ4v) is 3.32. The molecule has 0 heteroatoms. The summed E-state index contributed by atoms with van der Waals surface area (Å²) in [6.07, 6.45) is 10.4. The molecule has 0 saturated heterocycles. The van der Waals surface area contributed by atoms with Crippen LogP contribution >= 0.6 is 0 Å². The van der Waals surface area contributed by atoms with E-state index in [0.717, 1.165) is 11.8 Å². The van der Waals surface area contributed by atoms with E-state index in [1.165, 1.54) is 44.9 Å². The molecular weight excluding hydrogens is 168 g/mol. The van der Waals surface area contributed by atoms with E-state index in [9.17, 15) is 0 Å². The average Bonchev–Trinajstić information content (AvgIpc) is 2.39. The minimum absolute atomic E-state index is 0.680. The highest BCUT2D eigenvalue weighted by Gasteiger charge is 2.39. The van der Waals surface area contributed by atoms with Crippen molar-refractivity contribution in [3.8, 4) is 0 Å². The summed E-state index contributed by atoms with van der Waals surface area (Å²) in [5.74, 6) is 2.22. The standard InChI is InChI=1S/C11H20.C3H8/c1-11(2)7-9-5-3-4-6-10(9)8-11;1-3-2/h9-10H,3-8H2,1-2H3;3H2,1-2H3. The topological polar surface area (TPSA) is 0 Å². The summed E-state index contributed by atoms with van der Waals surface area (Å²) in [6.45, 7) is 9.15. The molecule has 0 nitrogen and oxygen atoms in total. The van der Waals surface area contributed by atoms with Gasteiger partial charge in [-0.15, -0.1) is 0 Å². The Labute approximate surface area is 90.5 Å². The second-order valence-electron chi connectivity index (χ2n) is 6.08. The van der Waals surface area contributed by atoms with E-state index >= 15 is 0 Å². The van der Waals surface area contributed by atoms with Gasteiger partial charge in [-0.1, -0.05) is 59.8 Å². The van der Waals surface area contributed by atoms with Crippen molar-refractivity contribution in [3.63, 3.8) is 0 Å². The Morgan fingerprint density at radius 1 is 0.929 bits per heavy atom. The molecule has 0 aromatic carbocycles. The molecule has 0 bridgehead atoms. The summed E-state index contributed by atoms with van der Waals surface area (Å²) in [6, 6.07) is 0. The van der Waals surface area contributed by atoms with Crippen LogP contribution in [0.5, 0.6) is 0 Å². The quantitative estimate of drug-likeness (QED) is 0.510. The molecule has 0 radical (unpaired) electrons. The lowest BCUT2D eigenvalue weighted by molar-refractivity contribution is 0.277. The second kappa shape index (κ2) is 5.19. The van der Waals surface area contributed by atoms with Gasteiger partial charge in [0.1, 0.15) is 0 Å². The molecule has 2 saturated carbocycles. The van der Waals surface area contributed by atoms with Crippen LogP contribution in [0.2, 0.25) is 0 Å². The molecule has 14 heavy (non-hydrogen) atoms. The smallest absolute Gasteiger partial charge is 0.0349 e. The van der Waals surface area contributed by atoms with Crippen LogP contribution in [0.25, 0.3) is 0 Å². The summed E-state index contributed by atoms with van der Waals surface area (Å²) in [4.78, 5) is 0. The monoisotopic (exact) mass is 196 g/mol. The van der Waals surface area contributed by atoms with Crippen molar-refractivity contribution in [1.29, 1.82) is 0 Å². The molecule has 2 unspecified atom stereocenters. The van der Waals surface area contributed by atoms with Gasteiger partial charge in [0, 0.05) is 0 Å². The van der Waals surface area contributed by atoms with Gasteiger partial charge in [-0.05, 0) is 30.1 Å². The molecular formula is C14H28. The Hall–Kier alpha value is 0. The SMILES string of the molecule is CC1(C)CC2CCCCC2C1.CCC. The summed E-state index contributed by atoms with van der Waals surface area (Å²) < 4.78 is 0. The molecule has 0 amide bonds. The van der Waals surface area contributed by atoms with Gasteiger partial charge in [0.15, 0.2) is 0 Å². The molecule has 2 rings (SSSR count). The van der Waals surface area contributed by atoms with Gasteiger partial charge in [-0.2, -0.15) is 0 Å². The van der Waals surface area contributed by atoms with Crippen LogP contribution in [0.1, 0.15) is 72.6 Å². The molecule has 0 N–H and O–H groups in total. The first kappa shape index (κ1) is 12.1. The third-order valence-corrected chi connectivity index (χ3v) is 3.70. The van der Waals surface area contributed by atoms with Crippen molar-refractivity contribution >= 4 is 0 Å². The maximum Gasteiger partial charge on any atom is -0.0349 e. The minimum atomic E-state index is 0.680. The van der Waals surface area contributed by atoms with Gasteiger partial charge in [0.05, 0.1) is 0 Å². The highest BCUT2D eigenvalue weighted by atomic mass is 14.4. The Bertz CT molecular complexity index is 141. The van der Waals surface area contributed by atoms with Crippen molar-refractivity contribution in [2.75, 3.05) is 0 Å². The number of hydrogen-bond acceptors (Lipinski definition) is 0. The molecule has 2 aliphatic carbocycles. The maximum atomic E-state index is 2.45. The van der Waals surface area contributed by atoms with Crippen molar-refractivity contribution < 1.29 is 0 Å². The lowest BCUT2D eigenvalue weighted by Gasteiger charge is -2.24. The minimum Gasteiger partial charge on any atom is -0.0656 e. The van der Waals surface area contributed by atoms with E-state index < -0.39 is 0 Å². The third-order valence-electron chi connectivity index (χ3n) is 3.70. The Balaban J connectivity index is 0.000000293. The predicted octanol–water partition coefficient (Wildman–Crippen LogP) is 5.03. The van der Waals surface area contributed by atoms with Crippen molar-refractivity contribution in [3.05, 3.63) is 0 Å². The Kier molecular flexibility index (Phi) is 4.47. The molecule has 0 aromatic rings. The molecule has 2 aliphatic rings. The maximum absolute atomic E-state index is 2.45. The Morgan fingerprint density at radius 3 is 1.64 bits per heavy atom. The number of hydrogen-bond donors (Lipinski definition) is 0. The summed E-state index contributed by atoms with van der Waals surface area (Å²) >= 11 is 0. The lowest BCUT2D eigenvalue weighted by atomic mass is 9.82. The van der Waals surface area contributed by atoms with Gasteiger partial charge in [-0.3, -0.25) is 0 Å². The van der Waals surface area contributed by atoms with Gasteiger partial charge < -0.3 is 0 Å². The third kappa shape index (κ3) is 3.29. The summed E-state index contributed by atoms with van der Waals surface area (Å²) in [5.41, 5.74) is 0.680. The number of fused-ring (bicyclic) bond motifs is 1. The van der Waals surface area contributed by atoms with Crippen LogP contribution in [0.3, 0.4) is 0 Å². The van der Waals surface area contributed by atoms with Crippen molar-refractivity contribution in [1.82, 2.24) is 0 Å². The molecule has 0 aliphatic heterocycles. The molecule has 2 atom stereocenters. The molecule has 0 heterocycles. The highest BCUT2D eigenvalue weighted by Crippen LogP contribution is 2.50. The van der Waals surface area contributed by atoms with Gasteiger partial charge in [0.2, 0.25) is 0 Å². The zero-order chi connectivity index (χ0) is 10.6. The van der Waals surface area contributed by atoms with E-state index in [1.54, 1.807) is 0 Å². The van der Waals surface area contributed by atoms with Crippen LogP contribution in [-0.4, -0.2) is 0 Å². The first-order valence-electron chi connectivity index (χ1n) is 6.59. The second-order valence-corrected chi connectivity index (χ2v) is 6.08. The predicted molar refractivity (Wildman–Crippen MR) is 64.4 cm³/mol. The van der Waals surface area contributed by atoms with Crippen LogP contribution < -0.4 is 0 Å². The van der Waals surface area contributed by atoms with Crippen LogP contribution in [-0.2, 0) is 0 Å². The Morgan fingerprint density at radius 2 is 1.29 bits per heavy atom. The zero-order valence-corrected chi connectivity index (χ0v) is 10.6. The normalized spacial score (nSPS) is 34.3. The van der Waals surface area contributed by atoms with Crippen LogP contribution in [0, 0.1) is 17.3 Å². The van der Waals surface area contributed by atoms with Gasteiger partial charge in [0.25, 0.3) is 0 Å². The molecule has 2 fully saturated rings. The number of rotatable bonds is 0. The average molecular weight is 196 g/mol. The van der Waals surface area contributed by atoms with Crippen LogP contribution in [0.15, 0.2) is 0 Å². The fourth-order valence-electron chi connectivity index (χ4n) is 3.32. The summed E-state index contributed by atoms with van der Waals surface area (Å²) in [7, 11) is 0. The molecule has 84 valence electrons. The van der Waals surface area contributed by atoms with Crippen molar-refractivity contribution in [2.24, 2.45) is 17.3 Å². The molecule has 0 spiro atoms. The van der Waals surface area contributed by atoms with Crippen LogP contribution in [0.4, 0.5) is 0 Å².